The summed E-state index contributed by atoms with van der Waals surface area (Å²) in [6, 6.07) is 4.12. The Morgan fingerprint density at radius 1 is 1.24 bits per heavy atom. The standard InChI is InChI=1S/C20H31N3O5S/c1-15-10-16(2)13-22(12-15)29(26,27)18-6-7-19(20(11-18)23(24)25)21-8-3-9-28-14-17-4-5-17/h6-7,11,15-17,21H,3-5,8-10,12-14H2,1-2H3/t15-,16-/m0/s1. The van der Waals surface area contributed by atoms with Gasteiger partial charge in [0.2, 0.25) is 10.0 Å². The number of nitro benzene ring substituents is 1. The first-order valence-electron chi connectivity index (χ1n) is 10.4. The van der Waals surface area contributed by atoms with Crippen LogP contribution in [0.3, 0.4) is 0 Å². The predicted molar refractivity (Wildman–Crippen MR) is 111 cm³/mol. The highest BCUT2D eigenvalue weighted by atomic mass is 32.2. The minimum absolute atomic E-state index is 0.0242. The monoisotopic (exact) mass is 425 g/mol. The Labute approximate surface area is 172 Å². The molecule has 1 saturated heterocycles. The van der Waals surface area contributed by atoms with Crippen molar-refractivity contribution in [2.24, 2.45) is 17.8 Å². The first-order valence-corrected chi connectivity index (χ1v) is 11.8. The van der Waals surface area contributed by atoms with Gasteiger partial charge < -0.3 is 10.1 Å². The van der Waals surface area contributed by atoms with E-state index in [0.29, 0.717) is 37.8 Å². The number of hydrogen-bond acceptors (Lipinski definition) is 6. The van der Waals surface area contributed by atoms with Crippen LogP contribution in [-0.2, 0) is 14.8 Å². The molecule has 2 atom stereocenters. The Kier molecular flexibility index (Phi) is 7.13. The van der Waals surface area contributed by atoms with Gasteiger partial charge in [-0.25, -0.2) is 8.42 Å². The zero-order valence-electron chi connectivity index (χ0n) is 17.2. The van der Waals surface area contributed by atoms with Crippen LogP contribution in [0.5, 0.6) is 0 Å². The molecule has 2 fully saturated rings. The predicted octanol–water partition coefficient (Wildman–Crippen LogP) is 3.49. The summed E-state index contributed by atoms with van der Waals surface area (Å²) in [5, 5.41) is 14.6. The van der Waals surface area contributed by atoms with Crippen molar-refractivity contribution in [3.05, 3.63) is 28.3 Å². The van der Waals surface area contributed by atoms with Crippen LogP contribution in [0.25, 0.3) is 0 Å². The van der Waals surface area contributed by atoms with Gasteiger partial charge in [0.15, 0.2) is 0 Å². The molecule has 29 heavy (non-hydrogen) atoms. The third-order valence-corrected chi connectivity index (χ3v) is 7.30. The largest absolute Gasteiger partial charge is 0.381 e. The molecule has 1 aromatic rings. The fourth-order valence-corrected chi connectivity index (χ4v) is 5.56. The van der Waals surface area contributed by atoms with Crippen molar-refractivity contribution in [2.75, 3.05) is 38.2 Å². The van der Waals surface area contributed by atoms with Gasteiger partial charge in [-0.05, 0) is 55.6 Å². The lowest BCUT2D eigenvalue weighted by atomic mass is 9.94. The fraction of sp³-hybridized carbons (Fsp3) is 0.700. The molecule has 1 aliphatic carbocycles. The van der Waals surface area contributed by atoms with Gasteiger partial charge >= 0.3 is 0 Å². The number of ether oxygens (including phenoxy) is 1. The summed E-state index contributed by atoms with van der Waals surface area (Å²) in [7, 11) is -3.75. The highest BCUT2D eigenvalue weighted by Gasteiger charge is 2.33. The SMILES string of the molecule is C[C@H]1C[C@H](C)CN(S(=O)(=O)c2ccc(NCCCOCC3CC3)c([N+](=O)[O-])c2)C1. The first kappa shape index (κ1) is 22.0. The Hall–Kier alpha value is -1.71. The van der Waals surface area contributed by atoms with Crippen LogP contribution in [0.1, 0.15) is 39.5 Å². The van der Waals surface area contributed by atoms with Crippen molar-refractivity contribution in [2.45, 2.75) is 44.4 Å². The second-order valence-corrected chi connectivity index (χ2v) is 10.4. The molecule has 3 rings (SSSR count). The van der Waals surface area contributed by atoms with E-state index >= 15 is 0 Å². The average Bonchev–Trinajstić information content (AvgIpc) is 3.48. The zero-order valence-corrected chi connectivity index (χ0v) is 18.0. The molecule has 1 heterocycles. The minimum atomic E-state index is -3.75. The Morgan fingerprint density at radius 2 is 1.93 bits per heavy atom. The van der Waals surface area contributed by atoms with Crippen LogP contribution < -0.4 is 5.32 Å². The van der Waals surface area contributed by atoms with E-state index in [1.54, 1.807) is 0 Å². The number of rotatable bonds is 10. The van der Waals surface area contributed by atoms with Crippen molar-refractivity contribution < 1.29 is 18.1 Å². The van der Waals surface area contributed by atoms with Crippen LogP contribution in [0.2, 0.25) is 0 Å². The van der Waals surface area contributed by atoms with E-state index in [-0.39, 0.29) is 22.4 Å². The topological polar surface area (TPSA) is 102 Å². The lowest BCUT2D eigenvalue weighted by Crippen LogP contribution is -2.42. The van der Waals surface area contributed by atoms with Crippen molar-refractivity contribution in [3.8, 4) is 0 Å². The van der Waals surface area contributed by atoms with E-state index in [0.717, 1.165) is 19.4 Å². The zero-order chi connectivity index (χ0) is 21.0. The maximum atomic E-state index is 13.0. The molecule has 1 aliphatic heterocycles. The smallest absolute Gasteiger partial charge is 0.293 e. The molecule has 1 saturated carbocycles. The maximum Gasteiger partial charge on any atom is 0.293 e. The summed E-state index contributed by atoms with van der Waals surface area (Å²) in [5.41, 5.74) is 0.111. The number of nitro groups is 1. The fourth-order valence-electron chi connectivity index (χ4n) is 3.86. The summed E-state index contributed by atoms with van der Waals surface area (Å²) in [6.07, 6.45) is 4.21. The summed E-state index contributed by atoms with van der Waals surface area (Å²) in [5.74, 6) is 1.25. The molecule has 0 aromatic heterocycles. The molecule has 0 amide bonds. The van der Waals surface area contributed by atoms with E-state index in [1.807, 2.05) is 13.8 Å². The molecule has 1 N–H and O–H groups in total. The maximum absolute atomic E-state index is 13.0. The van der Waals surface area contributed by atoms with Crippen molar-refractivity contribution in [1.29, 1.82) is 0 Å². The van der Waals surface area contributed by atoms with Gasteiger partial charge in [-0.1, -0.05) is 13.8 Å². The summed E-state index contributed by atoms with van der Waals surface area (Å²) >= 11 is 0. The molecule has 1 aromatic carbocycles. The van der Waals surface area contributed by atoms with Crippen molar-refractivity contribution in [1.82, 2.24) is 4.31 Å². The van der Waals surface area contributed by atoms with Crippen LogP contribution >= 0.6 is 0 Å². The lowest BCUT2D eigenvalue weighted by molar-refractivity contribution is -0.384. The van der Waals surface area contributed by atoms with Gasteiger partial charge in [0.25, 0.3) is 5.69 Å². The second-order valence-electron chi connectivity index (χ2n) is 8.50. The van der Waals surface area contributed by atoms with Crippen LogP contribution in [-0.4, -0.2) is 50.5 Å². The third kappa shape index (κ3) is 5.90. The molecule has 9 heteroatoms. The van der Waals surface area contributed by atoms with Gasteiger partial charge in [0.05, 0.1) is 9.82 Å². The number of benzene rings is 1. The van der Waals surface area contributed by atoms with Crippen molar-refractivity contribution >= 4 is 21.4 Å². The highest BCUT2D eigenvalue weighted by Crippen LogP contribution is 2.32. The van der Waals surface area contributed by atoms with Crippen LogP contribution in [0, 0.1) is 27.9 Å². The summed E-state index contributed by atoms with van der Waals surface area (Å²) in [4.78, 5) is 11.0. The lowest BCUT2D eigenvalue weighted by Gasteiger charge is -2.34. The molecule has 8 nitrogen and oxygen atoms in total. The van der Waals surface area contributed by atoms with Gasteiger partial charge in [-0.3, -0.25) is 10.1 Å². The Balaban J connectivity index is 1.65. The Bertz CT molecular complexity index is 815. The number of nitrogens with zero attached hydrogens (tertiary/aromatic N) is 2. The molecule has 2 aliphatic rings. The first-order chi connectivity index (χ1) is 13.8. The minimum Gasteiger partial charge on any atom is -0.381 e. The second kappa shape index (κ2) is 9.40. The summed E-state index contributed by atoms with van der Waals surface area (Å²) in [6.45, 7) is 6.88. The van der Waals surface area contributed by atoms with E-state index in [4.69, 9.17) is 4.74 Å². The van der Waals surface area contributed by atoms with E-state index in [9.17, 15) is 18.5 Å². The average molecular weight is 426 g/mol. The molecule has 0 unspecified atom stereocenters. The van der Waals surface area contributed by atoms with Gasteiger partial charge in [-0.15, -0.1) is 0 Å². The van der Waals surface area contributed by atoms with Gasteiger partial charge in [0.1, 0.15) is 5.69 Å². The van der Waals surface area contributed by atoms with Gasteiger partial charge in [-0.2, -0.15) is 4.31 Å². The molecule has 162 valence electrons. The molecule has 0 bridgehead atoms. The third-order valence-electron chi connectivity index (χ3n) is 5.47. The van der Waals surface area contributed by atoms with E-state index < -0.39 is 14.9 Å². The van der Waals surface area contributed by atoms with Crippen LogP contribution in [0.15, 0.2) is 23.1 Å². The van der Waals surface area contributed by atoms with Crippen molar-refractivity contribution in [3.63, 3.8) is 0 Å². The number of piperidine rings is 1. The number of hydrogen-bond donors (Lipinski definition) is 1. The number of anilines is 1. The van der Waals surface area contributed by atoms with Crippen LogP contribution in [0.4, 0.5) is 11.4 Å². The molecular formula is C20H31N3O5S. The number of sulfonamides is 1. The quantitative estimate of drug-likeness (QED) is 0.350. The highest BCUT2D eigenvalue weighted by molar-refractivity contribution is 7.89. The van der Waals surface area contributed by atoms with Gasteiger partial charge in [0, 0.05) is 38.9 Å². The molecular weight excluding hydrogens is 394 g/mol. The normalized spacial score (nSPS) is 23.1. The van der Waals surface area contributed by atoms with E-state index in [1.165, 1.54) is 35.3 Å². The molecule has 0 radical (unpaired) electrons. The summed E-state index contributed by atoms with van der Waals surface area (Å²) < 4.78 is 33.1. The van der Waals surface area contributed by atoms with E-state index in [2.05, 4.69) is 5.32 Å². The molecule has 0 spiro atoms. The number of nitrogens with one attached hydrogen (secondary N) is 1. The Morgan fingerprint density at radius 3 is 2.55 bits per heavy atom.